The van der Waals surface area contributed by atoms with Gasteiger partial charge in [-0.15, -0.1) is 0 Å². The maximum absolute atomic E-state index is 10.3. The molecule has 0 saturated carbocycles. The number of primary amides is 2. The summed E-state index contributed by atoms with van der Waals surface area (Å²) in [5.41, 5.74) is 40.6. The van der Waals surface area contributed by atoms with Crippen molar-refractivity contribution in [3.63, 3.8) is 0 Å². The molecule has 6 atom stereocenters. The summed E-state index contributed by atoms with van der Waals surface area (Å²) in [6, 6.07) is -5.50. The van der Waals surface area contributed by atoms with Gasteiger partial charge in [-0.3, -0.25) is 38.4 Å². The van der Waals surface area contributed by atoms with Gasteiger partial charge in [-0.05, 0) is 31.1 Å². The average molecular weight is 801 g/mol. The lowest BCUT2D eigenvalue weighted by atomic mass is 10.1. The van der Waals surface area contributed by atoms with Gasteiger partial charge in [0.1, 0.15) is 36.3 Å². The Kier molecular flexibility index (Phi) is 37.0. The van der Waals surface area contributed by atoms with Crippen LogP contribution in [-0.2, 0) is 44.8 Å². The predicted molar refractivity (Wildman–Crippen MR) is 194 cm³/mol. The third kappa shape index (κ3) is 44.8. The minimum absolute atomic E-state index is 0.0213. The molecule has 1 aromatic rings. The number of aliphatic hydroxyl groups excluding tert-OH is 1. The monoisotopic (exact) mass is 800 g/mol. The lowest BCUT2D eigenvalue weighted by Crippen LogP contribution is -2.34. The van der Waals surface area contributed by atoms with Crippen LogP contribution in [0.15, 0.2) is 12.5 Å². The zero-order valence-corrected chi connectivity index (χ0v) is 31.2. The number of aliphatic carboxylic acids is 6. The number of carbonyl (C=O) groups is 8. The van der Waals surface area contributed by atoms with Gasteiger partial charge in [0, 0.05) is 24.7 Å². The third-order valence-electron chi connectivity index (χ3n) is 5.67. The lowest BCUT2D eigenvalue weighted by Gasteiger charge is -2.07. The fraction of sp³-hybridized carbons (Fsp3) is 0.633. The molecule has 25 heteroatoms. The highest BCUT2D eigenvalue weighted by Crippen LogP contribution is 2.02. The Bertz CT molecular complexity index is 1240. The molecular weight excluding hydrogens is 740 g/mol. The van der Waals surface area contributed by atoms with Crippen LogP contribution in [0.5, 0.6) is 0 Å². The molecule has 320 valence electrons. The number of hydrogen-bond donors (Lipinski definition) is 16. The first-order valence-corrected chi connectivity index (χ1v) is 16.1. The van der Waals surface area contributed by atoms with E-state index in [0.717, 1.165) is 5.69 Å². The molecule has 0 aromatic carbocycles. The number of carbonyl (C=O) groups excluding carboxylic acids is 2. The molecule has 0 radical (unpaired) electrons. The summed E-state index contributed by atoms with van der Waals surface area (Å²) in [4.78, 5) is 86.7. The van der Waals surface area contributed by atoms with Crippen molar-refractivity contribution in [1.29, 1.82) is 0 Å². The van der Waals surface area contributed by atoms with Crippen LogP contribution >= 0.6 is 0 Å². The normalized spacial score (nSPS) is 13.1. The zero-order chi connectivity index (χ0) is 44.6. The summed E-state index contributed by atoms with van der Waals surface area (Å²) in [5, 5.41) is 57.2. The van der Waals surface area contributed by atoms with Gasteiger partial charge < -0.3 is 86.6 Å². The quantitative estimate of drug-likeness (QED) is 0.0666. The number of imidazole rings is 1. The minimum Gasteiger partial charge on any atom is -0.480 e. The molecule has 1 aromatic heterocycles. The number of carboxylic acid groups (broad SMARTS) is 6. The van der Waals surface area contributed by atoms with Gasteiger partial charge in [-0.1, -0.05) is 27.7 Å². The predicted octanol–water partition coefficient (Wildman–Crippen LogP) is -4.42. The number of nitrogens with two attached hydrogens (primary N) is 8. The number of H-pyrrole nitrogens is 1. The van der Waals surface area contributed by atoms with Crippen LogP contribution in [0.3, 0.4) is 0 Å². The van der Waals surface area contributed by atoms with Gasteiger partial charge in [0.2, 0.25) is 11.8 Å². The highest BCUT2D eigenvalue weighted by Gasteiger charge is 2.15. The van der Waals surface area contributed by atoms with Crippen molar-refractivity contribution < 1.29 is 74.1 Å². The lowest BCUT2D eigenvalue weighted by molar-refractivity contribution is -0.140. The molecule has 55 heavy (non-hydrogen) atoms. The number of rotatable bonds is 18. The first kappa shape index (κ1) is 59.0. The molecule has 0 unspecified atom stereocenters. The molecule has 2 amide bonds. The van der Waals surface area contributed by atoms with Crippen molar-refractivity contribution in [2.45, 2.75) is 102 Å². The first-order chi connectivity index (χ1) is 25.0. The number of hydrogen-bond acceptors (Lipinski definition) is 16. The summed E-state index contributed by atoms with van der Waals surface area (Å²) in [6.07, 6.45) is 4.25. The molecular formula is C30H60N10O15. The van der Waals surface area contributed by atoms with E-state index in [1.165, 1.54) is 6.33 Å². The Morgan fingerprint density at radius 3 is 1.13 bits per heavy atom. The molecule has 24 N–H and O–H groups in total. The van der Waals surface area contributed by atoms with Gasteiger partial charge in [0.25, 0.3) is 0 Å². The molecule has 0 aliphatic carbocycles. The second-order valence-electron chi connectivity index (χ2n) is 12.1. The van der Waals surface area contributed by atoms with E-state index < -0.39 is 90.5 Å². The SMILES string of the molecule is CC(C)C[C@H](N)C(=O)O.CC(C)C[C@H](N)C(=O)O.NC(=O)CC[C@H](N)C(=O)O.NC(=O)C[C@H](N)C(=O)O.N[C@@H](CO)C(=O)O.N[C@@H](Cc1cnc[nH]1)C(=O)O. The fourth-order valence-corrected chi connectivity index (χ4v) is 2.74. The van der Waals surface area contributed by atoms with Crippen LogP contribution < -0.4 is 45.9 Å². The Hall–Kier alpha value is -5.31. The van der Waals surface area contributed by atoms with Gasteiger partial charge in [-0.2, -0.15) is 0 Å². The molecule has 0 aliphatic rings. The van der Waals surface area contributed by atoms with Gasteiger partial charge in [-0.25, -0.2) is 4.98 Å². The first-order valence-electron chi connectivity index (χ1n) is 16.1. The van der Waals surface area contributed by atoms with E-state index in [4.69, 9.17) is 75.9 Å². The van der Waals surface area contributed by atoms with Gasteiger partial charge in [0.15, 0.2) is 0 Å². The van der Waals surface area contributed by atoms with Crippen molar-refractivity contribution in [2.75, 3.05) is 6.61 Å². The Balaban J connectivity index is -0.000000183. The Labute approximate surface area is 316 Å². The largest absolute Gasteiger partial charge is 0.480 e. The standard InChI is InChI=1S/C6H9N3O2.2C6H13NO2.C5H10N2O3.C4H8N2O3.C3H7NO3/c7-5(6(10)11)1-4-2-8-3-9-4;2*1-4(2)3-5(7)6(8)9;6-3(5(9)10)1-2-4(7)8;5-2(4(8)9)1-3(6)7;4-2(1-5)3(6)7/h2-3,5H,1,7H2,(H,8,9)(H,10,11);2*4-5H,3,7H2,1-2H3,(H,8,9);3H,1-2,6H2,(H2,7,8)(H,9,10);2H,1,5H2,(H2,6,7)(H,8,9);2,5H,1,4H2,(H,6,7)/t3*5-;3-;2*2-/m000000/s1. The number of nitrogens with one attached hydrogen (secondary N) is 1. The topological polar surface area (TPSA) is 515 Å². The number of aromatic nitrogens is 2. The van der Waals surface area contributed by atoms with Crippen LogP contribution in [0.2, 0.25) is 0 Å². The molecule has 1 heterocycles. The van der Waals surface area contributed by atoms with E-state index in [0.29, 0.717) is 24.7 Å². The van der Waals surface area contributed by atoms with E-state index in [2.05, 4.69) is 15.7 Å². The maximum Gasteiger partial charge on any atom is 0.322 e. The third-order valence-corrected chi connectivity index (χ3v) is 5.67. The smallest absolute Gasteiger partial charge is 0.322 e. The maximum atomic E-state index is 10.3. The van der Waals surface area contributed by atoms with Crippen molar-refractivity contribution in [1.82, 2.24) is 9.97 Å². The number of aliphatic hydroxyl groups is 1. The molecule has 25 nitrogen and oxygen atoms in total. The van der Waals surface area contributed by atoms with E-state index in [1.807, 2.05) is 27.7 Å². The molecule has 0 aliphatic heterocycles. The van der Waals surface area contributed by atoms with E-state index in [1.54, 1.807) is 6.20 Å². The fourth-order valence-electron chi connectivity index (χ4n) is 2.74. The second kappa shape index (κ2) is 34.5. The summed E-state index contributed by atoms with van der Waals surface area (Å²) >= 11 is 0. The van der Waals surface area contributed by atoms with Crippen LogP contribution in [0.25, 0.3) is 0 Å². The molecule has 0 saturated heterocycles. The van der Waals surface area contributed by atoms with Crippen molar-refractivity contribution in [3.05, 3.63) is 18.2 Å². The number of aromatic amines is 1. The van der Waals surface area contributed by atoms with Crippen LogP contribution in [0, 0.1) is 11.8 Å². The number of nitrogens with zero attached hydrogens (tertiary/aromatic N) is 1. The van der Waals surface area contributed by atoms with Crippen molar-refractivity contribution in [3.8, 4) is 0 Å². The number of carboxylic acids is 6. The van der Waals surface area contributed by atoms with Gasteiger partial charge in [0.05, 0.1) is 19.4 Å². The molecule has 1 rings (SSSR count). The average Bonchev–Trinajstić information content (AvgIpc) is 3.56. The zero-order valence-electron chi connectivity index (χ0n) is 31.2. The minimum atomic E-state index is -1.21. The van der Waals surface area contributed by atoms with E-state index in [9.17, 15) is 38.4 Å². The summed E-state index contributed by atoms with van der Waals surface area (Å²) in [7, 11) is 0. The van der Waals surface area contributed by atoms with Crippen LogP contribution in [-0.4, -0.2) is 136 Å². The number of amides is 2. The van der Waals surface area contributed by atoms with Crippen LogP contribution in [0.1, 0.15) is 65.5 Å². The van der Waals surface area contributed by atoms with E-state index in [-0.39, 0.29) is 25.7 Å². The van der Waals surface area contributed by atoms with Gasteiger partial charge >= 0.3 is 35.8 Å². The molecule has 0 spiro atoms. The highest BCUT2D eigenvalue weighted by molar-refractivity contribution is 5.83. The summed E-state index contributed by atoms with van der Waals surface area (Å²) < 4.78 is 0. The highest BCUT2D eigenvalue weighted by atomic mass is 16.4. The summed E-state index contributed by atoms with van der Waals surface area (Å²) in [5.74, 6) is -6.85. The molecule has 0 bridgehead atoms. The van der Waals surface area contributed by atoms with Crippen LogP contribution in [0.4, 0.5) is 0 Å². The van der Waals surface area contributed by atoms with E-state index >= 15 is 0 Å². The molecule has 0 fully saturated rings. The second-order valence-corrected chi connectivity index (χ2v) is 12.1. The van der Waals surface area contributed by atoms with Crippen molar-refractivity contribution in [2.24, 2.45) is 57.7 Å². The Morgan fingerprint density at radius 1 is 0.582 bits per heavy atom. The summed E-state index contributed by atoms with van der Waals surface area (Å²) in [6.45, 7) is 7.28. The Morgan fingerprint density at radius 2 is 0.945 bits per heavy atom. The van der Waals surface area contributed by atoms with Crippen molar-refractivity contribution >= 4 is 47.6 Å².